The van der Waals surface area contributed by atoms with Crippen LogP contribution in [0.25, 0.3) is 0 Å². The number of hydrogen-bond acceptors (Lipinski definition) is 4. The molecule has 6 heteroatoms. The first kappa shape index (κ1) is 11.9. The van der Waals surface area contributed by atoms with Crippen LogP contribution in [0.4, 0.5) is 0 Å². The molecule has 1 aliphatic heterocycles. The van der Waals surface area contributed by atoms with Crippen molar-refractivity contribution in [2.45, 2.75) is 12.0 Å². The van der Waals surface area contributed by atoms with Crippen molar-refractivity contribution in [3.05, 3.63) is 0 Å². The van der Waals surface area contributed by atoms with Crippen molar-refractivity contribution in [3.63, 3.8) is 0 Å². The van der Waals surface area contributed by atoms with Crippen LogP contribution in [0.3, 0.4) is 0 Å². The number of hydrogen-bond donors (Lipinski definition) is 3. The van der Waals surface area contributed by atoms with Crippen LogP contribution in [0.1, 0.15) is 6.42 Å². The van der Waals surface area contributed by atoms with Crippen molar-refractivity contribution < 1.29 is 14.7 Å². The van der Waals surface area contributed by atoms with Gasteiger partial charge in [-0.3, -0.25) is 14.9 Å². The second-order valence-electron chi connectivity index (χ2n) is 4.10. The second-order valence-corrected chi connectivity index (χ2v) is 4.10. The van der Waals surface area contributed by atoms with Gasteiger partial charge in [0.1, 0.15) is 0 Å². The minimum Gasteiger partial charge on any atom is -0.481 e. The van der Waals surface area contributed by atoms with Crippen molar-refractivity contribution in [3.8, 4) is 0 Å². The Morgan fingerprint density at radius 3 is 2.40 bits per heavy atom. The van der Waals surface area contributed by atoms with Gasteiger partial charge in [0, 0.05) is 27.2 Å². The Hall–Kier alpha value is -1.14. The van der Waals surface area contributed by atoms with E-state index in [0.29, 0.717) is 13.1 Å². The molecular formula is C9H17N3O3. The molecule has 1 rings (SSSR count). The lowest BCUT2D eigenvalue weighted by atomic mass is 9.88. The zero-order valence-corrected chi connectivity index (χ0v) is 9.04. The fourth-order valence-corrected chi connectivity index (χ4v) is 1.45. The molecule has 6 nitrogen and oxygen atoms in total. The monoisotopic (exact) mass is 215 g/mol. The smallest absolute Gasteiger partial charge is 0.305 e. The molecule has 0 aromatic carbocycles. The minimum absolute atomic E-state index is 0.0424. The highest BCUT2D eigenvalue weighted by atomic mass is 16.4. The molecule has 0 saturated carbocycles. The molecule has 1 fully saturated rings. The van der Waals surface area contributed by atoms with E-state index in [1.54, 1.807) is 14.1 Å². The SMILES string of the molecule is CN(C)C(=O)CNC1(CC(=O)O)CNC1. The van der Waals surface area contributed by atoms with Crippen LogP contribution >= 0.6 is 0 Å². The maximum Gasteiger partial charge on any atom is 0.305 e. The van der Waals surface area contributed by atoms with Crippen LogP contribution in [0.2, 0.25) is 0 Å². The van der Waals surface area contributed by atoms with Gasteiger partial charge in [-0.15, -0.1) is 0 Å². The van der Waals surface area contributed by atoms with Gasteiger partial charge in [-0.2, -0.15) is 0 Å². The highest BCUT2D eigenvalue weighted by Crippen LogP contribution is 2.15. The van der Waals surface area contributed by atoms with Crippen LogP contribution in [0.15, 0.2) is 0 Å². The Balaban J connectivity index is 2.40. The number of carbonyl (C=O) groups excluding carboxylic acids is 1. The van der Waals surface area contributed by atoms with E-state index >= 15 is 0 Å². The van der Waals surface area contributed by atoms with Gasteiger partial charge in [0.05, 0.1) is 18.5 Å². The maximum atomic E-state index is 11.3. The van der Waals surface area contributed by atoms with Crippen LogP contribution in [-0.4, -0.2) is 61.2 Å². The van der Waals surface area contributed by atoms with Crippen LogP contribution < -0.4 is 10.6 Å². The summed E-state index contributed by atoms with van der Waals surface area (Å²) in [6, 6.07) is 0. The second kappa shape index (κ2) is 4.59. The van der Waals surface area contributed by atoms with E-state index in [9.17, 15) is 9.59 Å². The summed E-state index contributed by atoms with van der Waals surface area (Å²) < 4.78 is 0. The lowest BCUT2D eigenvalue weighted by molar-refractivity contribution is -0.140. The van der Waals surface area contributed by atoms with Crippen LogP contribution in [-0.2, 0) is 9.59 Å². The van der Waals surface area contributed by atoms with E-state index in [4.69, 9.17) is 5.11 Å². The van der Waals surface area contributed by atoms with E-state index in [0.717, 1.165) is 0 Å². The summed E-state index contributed by atoms with van der Waals surface area (Å²) in [6.07, 6.45) is 0.0424. The fourth-order valence-electron chi connectivity index (χ4n) is 1.45. The van der Waals surface area contributed by atoms with Gasteiger partial charge in [-0.05, 0) is 0 Å². The molecule has 0 spiro atoms. The van der Waals surface area contributed by atoms with E-state index in [1.165, 1.54) is 4.90 Å². The zero-order valence-electron chi connectivity index (χ0n) is 9.04. The van der Waals surface area contributed by atoms with Gasteiger partial charge in [0.25, 0.3) is 0 Å². The summed E-state index contributed by atoms with van der Waals surface area (Å²) >= 11 is 0. The van der Waals surface area contributed by atoms with E-state index in [1.807, 2.05) is 0 Å². The molecular weight excluding hydrogens is 198 g/mol. The number of carbonyl (C=O) groups is 2. The van der Waals surface area contributed by atoms with Crippen molar-refractivity contribution in [2.24, 2.45) is 0 Å². The molecule has 86 valence electrons. The van der Waals surface area contributed by atoms with E-state index in [-0.39, 0.29) is 18.9 Å². The highest BCUT2D eigenvalue weighted by molar-refractivity contribution is 5.78. The van der Waals surface area contributed by atoms with Gasteiger partial charge in [0.2, 0.25) is 5.91 Å². The van der Waals surface area contributed by atoms with Gasteiger partial charge in [0.15, 0.2) is 0 Å². The summed E-state index contributed by atoms with van der Waals surface area (Å²) in [5.74, 6) is -0.895. The fraction of sp³-hybridized carbons (Fsp3) is 0.778. The van der Waals surface area contributed by atoms with Crippen LogP contribution in [0.5, 0.6) is 0 Å². The minimum atomic E-state index is -0.846. The van der Waals surface area contributed by atoms with Crippen molar-refractivity contribution in [2.75, 3.05) is 33.7 Å². The predicted octanol–water partition coefficient (Wildman–Crippen LogP) is -1.52. The number of nitrogens with zero attached hydrogens (tertiary/aromatic N) is 1. The van der Waals surface area contributed by atoms with Crippen LogP contribution in [0, 0.1) is 0 Å². The third-order valence-corrected chi connectivity index (χ3v) is 2.53. The molecule has 1 amide bonds. The lowest BCUT2D eigenvalue weighted by Gasteiger charge is -2.42. The molecule has 3 N–H and O–H groups in total. The van der Waals surface area contributed by atoms with E-state index < -0.39 is 11.5 Å². The third-order valence-electron chi connectivity index (χ3n) is 2.53. The molecule has 1 aliphatic rings. The van der Waals surface area contributed by atoms with Gasteiger partial charge in [-0.25, -0.2) is 0 Å². The Morgan fingerprint density at radius 1 is 1.47 bits per heavy atom. The molecule has 1 saturated heterocycles. The molecule has 1 heterocycles. The first-order valence-electron chi connectivity index (χ1n) is 4.83. The summed E-state index contributed by atoms with van der Waals surface area (Å²) in [7, 11) is 3.35. The average molecular weight is 215 g/mol. The Morgan fingerprint density at radius 2 is 2.07 bits per heavy atom. The summed E-state index contributed by atoms with van der Waals surface area (Å²) in [5, 5.41) is 14.7. The lowest BCUT2D eigenvalue weighted by Crippen LogP contribution is -2.69. The molecule has 0 aromatic rings. The van der Waals surface area contributed by atoms with Crippen molar-refractivity contribution in [1.82, 2.24) is 15.5 Å². The number of aliphatic carboxylic acids is 1. The molecule has 15 heavy (non-hydrogen) atoms. The van der Waals surface area contributed by atoms with E-state index in [2.05, 4.69) is 10.6 Å². The summed E-state index contributed by atoms with van der Waals surface area (Å²) in [5.41, 5.74) is -0.447. The first-order valence-corrected chi connectivity index (χ1v) is 4.83. The Bertz CT molecular complexity index is 261. The normalized spacial score (nSPS) is 18.0. The number of amides is 1. The van der Waals surface area contributed by atoms with Gasteiger partial charge in [-0.1, -0.05) is 0 Å². The van der Waals surface area contributed by atoms with Gasteiger partial charge >= 0.3 is 5.97 Å². The number of carboxylic acids is 1. The topological polar surface area (TPSA) is 81.7 Å². The average Bonchev–Trinajstić information content (AvgIpc) is 2.08. The maximum absolute atomic E-state index is 11.3. The standard InChI is InChI=1S/C9H17N3O3/c1-12(2)7(13)4-11-9(3-8(14)15)5-10-6-9/h10-11H,3-6H2,1-2H3,(H,14,15). The molecule has 0 aromatic heterocycles. The molecule has 0 atom stereocenters. The number of carboxylic acid groups (broad SMARTS) is 1. The summed E-state index contributed by atoms with van der Waals surface area (Å²) in [4.78, 5) is 23.4. The predicted molar refractivity (Wildman–Crippen MR) is 54.6 cm³/mol. The van der Waals surface area contributed by atoms with Crippen molar-refractivity contribution in [1.29, 1.82) is 0 Å². The Labute approximate surface area is 88.6 Å². The molecule has 0 unspecified atom stereocenters. The van der Waals surface area contributed by atoms with Crippen molar-refractivity contribution >= 4 is 11.9 Å². The molecule has 0 aliphatic carbocycles. The first-order chi connectivity index (χ1) is 6.95. The number of nitrogens with one attached hydrogen (secondary N) is 2. The zero-order chi connectivity index (χ0) is 11.5. The third kappa shape index (κ3) is 3.17. The number of likely N-dealkylation sites (N-methyl/N-ethyl adjacent to an activating group) is 1. The largest absolute Gasteiger partial charge is 0.481 e. The molecule has 0 bridgehead atoms. The summed E-state index contributed by atoms with van der Waals surface area (Å²) in [6.45, 7) is 1.38. The quantitative estimate of drug-likeness (QED) is 0.519. The molecule has 0 radical (unpaired) electrons. The van der Waals surface area contributed by atoms with Gasteiger partial charge < -0.3 is 15.3 Å². The highest BCUT2D eigenvalue weighted by Gasteiger charge is 2.38. The number of rotatable bonds is 5. The Kier molecular flexibility index (Phi) is 3.65.